The van der Waals surface area contributed by atoms with Crippen molar-refractivity contribution in [3.8, 4) is 0 Å². The quantitative estimate of drug-likeness (QED) is 0.638. The molecule has 1 unspecified atom stereocenters. The molecule has 2 aromatic carbocycles. The summed E-state index contributed by atoms with van der Waals surface area (Å²) in [6, 6.07) is 19.8. The highest BCUT2D eigenvalue weighted by atomic mass is 32.2. The summed E-state index contributed by atoms with van der Waals surface area (Å²) in [7, 11) is 1.61. The lowest BCUT2D eigenvalue weighted by Crippen LogP contribution is -2.48. The molecule has 0 heterocycles. The summed E-state index contributed by atoms with van der Waals surface area (Å²) in [5.74, 6) is 1.54. The number of hydrogen-bond donors (Lipinski definition) is 1. The highest BCUT2D eigenvalue weighted by Crippen LogP contribution is 2.14. The second kappa shape index (κ2) is 11.4. The van der Waals surface area contributed by atoms with Gasteiger partial charge in [-0.15, -0.1) is 0 Å². The molecule has 4 nitrogen and oxygen atoms in total. The van der Waals surface area contributed by atoms with Crippen LogP contribution >= 0.6 is 11.8 Å². The molecule has 2 aromatic rings. The third kappa shape index (κ3) is 7.10. The Morgan fingerprint density at radius 1 is 1.00 bits per heavy atom. The van der Waals surface area contributed by atoms with E-state index in [0.29, 0.717) is 13.0 Å². The molecule has 0 saturated carbocycles. The van der Waals surface area contributed by atoms with Crippen molar-refractivity contribution in [1.82, 2.24) is 10.2 Å². The molecule has 0 aromatic heterocycles. The van der Waals surface area contributed by atoms with Crippen molar-refractivity contribution in [2.24, 2.45) is 0 Å². The number of nitrogens with one attached hydrogen (secondary N) is 1. The van der Waals surface area contributed by atoms with Crippen LogP contribution in [0.4, 0.5) is 0 Å². The van der Waals surface area contributed by atoms with Gasteiger partial charge in [0.05, 0.1) is 0 Å². The zero-order valence-corrected chi connectivity index (χ0v) is 16.9. The fourth-order valence-electron chi connectivity index (χ4n) is 2.85. The number of carbonyl (C=O) groups is 2. The minimum absolute atomic E-state index is 0.0302. The largest absolute Gasteiger partial charge is 0.357 e. The molecule has 0 spiro atoms. The number of hydrogen-bond acceptors (Lipinski definition) is 3. The third-order valence-electron chi connectivity index (χ3n) is 4.47. The molecule has 1 atom stereocenters. The summed E-state index contributed by atoms with van der Waals surface area (Å²) in [4.78, 5) is 26.5. The highest BCUT2D eigenvalue weighted by Gasteiger charge is 2.24. The standard InChI is InChI=1S/C22H28N2O2S/c1-18(22(26)23-2)24(15-13-19-9-5-3-6-10-19)21(25)14-16-27-17-20-11-7-4-8-12-20/h3-12,18H,13-17H2,1-2H3,(H,23,26). The van der Waals surface area contributed by atoms with Crippen LogP contribution < -0.4 is 5.32 Å². The lowest BCUT2D eigenvalue weighted by Gasteiger charge is -2.28. The average molecular weight is 385 g/mol. The van der Waals surface area contributed by atoms with E-state index in [4.69, 9.17) is 0 Å². The van der Waals surface area contributed by atoms with Crippen LogP contribution in [0, 0.1) is 0 Å². The fourth-order valence-corrected chi connectivity index (χ4v) is 3.74. The minimum atomic E-state index is -0.467. The summed E-state index contributed by atoms with van der Waals surface area (Å²) >= 11 is 1.74. The Morgan fingerprint density at radius 2 is 1.59 bits per heavy atom. The van der Waals surface area contributed by atoms with Crippen LogP contribution in [0.15, 0.2) is 60.7 Å². The van der Waals surface area contributed by atoms with Gasteiger partial charge in [0.1, 0.15) is 6.04 Å². The van der Waals surface area contributed by atoms with Gasteiger partial charge >= 0.3 is 0 Å². The van der Waals surface area contributed by atoms with Crippen LogP contribution in [-0.4, -0.2) is 42.1 Å². The van der Waals surface area contributed by atoms with E-state index >= 15 is 0 Å². The molecule has 0 aliphatic rings. The Hall–Kier alpha value is -2.27. The lowest BCUT2D eigenvalue weighted by molar-refractivity contribution is -0.139. The van der Waals surface area contributed by atoms with Crippen LogP contribution in [0.1, 0.15) is 24.5 Å². The first-order chi connectivity index (χ1) is 13.1. The summed E-state index contributed by atoms with van der Waals surface area (Å²) in [6.07, 6.45) is 1.18. The Kier molecular flexibility index (Phi) is 8.92. The Balaban J connectivity index is 1.88. The van der Waals surface area contributed by atoms with Crippen molar-refractivity contribution in [2.75, 3.05) is 19.3 Å². The third-order valence-corrected chi connectivity index (χ3v) is 5.50. The molecule has 0 saturated heterocycles. The van der Waals surface area contributed by atoms with E-state index in [-0.39, 0.29) is 11.8 Å². The average Bonchev–Trinajstić information content (AvgIpc) is 2.72. The number of benzene rings is 2. The van der Waals surface area contributed by atoms with E-state index in [9.17, 15) is 9.59 Å². The summed E-state index contributed by atoms with van der Waals surface area (Å²) in [6.45, 7) is 2.33. The number of nitrogens with zero attached hydrogens (tertiary/aromatic N) is 1. The molecular weight excluding hydrogens is 356 g/mol. The zero-order chi connectivity index (χ0) is 19.5. The van der Waals surface area contributed by atoms with E-state index in [1.54, 1.807) is 30.6 Å². The van der Waals surface area contributed by atoms with E-state index < -0.39 is 6.04 Å². The van der Waals surface area contributed by atoms with Gasteiger partial charge in [-0.1, -0.05) is 60.7 Å². The van der Waals surface area contributed by atoms with Crippen LogP contribution in [-0.2, 0) is 21.8 Å². The van der Waals surface area contributed by atoms with Crippen molar-refractivity contribution in [2.45, 2.75) is 31.6 Å². The molecule has 0 radical (unpaired) electrons. The molecule has 0 fully saturated rings. The van der Waals surface area contributed by atoms with Gasteiger partial charge in [-0.25, -0.2) is 0 Å². The zero-order valence-electron chi connectivity index (χ0n) is 16.1. The van der Waals surface area contributed by atoms with Crippen LogP contribution in [0.25, 0.3) is 0 Å². The second-order valence-corrected chi connectivity index (χ2v) is 7.51. The predicted molar refractivity (Wildman–Crippen MR) is 113 cm³/mol. The topological polar surface area (TPSA) is 49.4 Å². The van der Waals surface area contributed by atoms with Gasteiger partial charge in [0.15, 0.2) is 0 Å². The van der Waals surface area contributed by atoms with E-state index in [2.05, 4.69) is 17.4 Å². The van der Waals surface area contributed by atoms with Crippen LogP contribution in [0.2, 0.25) is 0 Å². The lowest BCUT2D eigenvalue weighted by atomic mass is 10.1. The second-order valence-electron chi connectivity index (χ2n) is 6.40. The van der Waals surface area contributed by atoms with Crippen LogP contribution in [0.3, 0.4) is 0 Å². The monoisotopic (exact) mass is 384 g/mol. The molecular formula is C22H28N2O2S. The van der Waals surface area contributed by atoms with Crippen molar-refractivity contribution < 1.29 is 9.59 Å². The molecule has 27 heavy (non-hydrogen) atoms. The van der Waals surface area contributed by atoms with Gasteiger partial charge in [0.25, 0.3) is 0 Å². The number of carbonyl (C=O) groups excluding carboxylic acids is 2. The number of rotatable bonds is 10. The first-order valence-electron chi connectivity index (χ1n) is 9.28. The Bertz CT molecular complexity index is 707. The molecule has 0 aliphatic heterocycles. The minimum Gasteiger partial charge on any atom is -0.357 e. The highest BCUT2D eigenvalue weighted by molar-refractivity contribution is 7.98. The number of thioether (sulfide) groups is 1. The van der Waals surface area contributed by atoms with Gasteiger partial charge in [0.2, 0.25) is 11.8 Å². The number of likely N-dealkylation sites (N-methyl/N-ethyl adjacent to an activating group) is 1. The van der Waals surface area contributed by atoms with Crippen molar-refractivity contribution in [1.29, 1.82) is 0 Å². The van der Waals surface area contributed by atoms with Crippen molar-refractivity contribution in [3.05, 3.63) is 71.8 Å². The molecule has 2 amide bonds. The van der Waals surface area contributed by atoms with E-state index in [1.165, 1.54) is 5.56 Å². The van der Waals surface area contributed by atoms with E-state index in [0.717, 1.165) is 23.5 Å². The molecule has 1 N–H and O–H groups in total. The maximum absolute atomic E-state index is 12.8. The van der Waals surface area contributed by atoms with Gasteiger partial charge in [-0.05, 0) is 24.5 Å². The van der Waals surface area contributed by atoms with Gasteiger partial charge in [-0.2, -0.15) is 11.8 Å². The Morgan fingerprint density at radius 3 is 2.19 bits per heavy atom. The maximum atomic E-state index is 12.8. The smallest absolute Gasteiger partial charge is 0.242 e. The van der Waals surface area contributed by atoms with Gasteiger partial charge in [-0.3, -0.25) is 9.59 Å². The molecule has 144 valence electrons. The summed E-state index contributed by atoms with van der Waals surface area (Å²) in [5, 5.41) is 2.65. The van der Waals surface area contributed by atoms with E-state index in [1.807, 2.05) is 48.5 Å². The molecule has 0 aliphatic carbocycles. The SMILES string of the molecule is CNC(=O)C(C)N(CCc1ccccc1)C(=O)CCSCc1ccccc1. The summed E-state index contributed by atoms with van der Waals surface area (Å²) in [5.41, 5.74) is 2.42. The first kappa shape index (κ1) is 21.0. The Labute approximate surface area is 166 Å². The van der Waals surface area contributed by atoms with Gasteiger partial charge in [0, 0.05) is 31.5 Å². The predicted octanol–water partition coefficient (Wildman–Crippen LogP) is 3.52. The molecule has 0 bridgehead atoms. The summed E-state index contributed by atoms with van der Waals surface area (Å²) < 4.78 is 0. The molecule has 5 heteroatoms. The number of amides is 2. The van der Waals surface area contributed by atoms with Crippen molar-refractivity contribution >= 4 is 23.6 Å². The van der Waals surface area contributed by atoms with Crippen molar-refractivity contribution in [3.63, 3.8) is 0 Å². The molecule has 2 rings (SSSR count). The van der Waals surface area contributed by atoms with Gasteiger partial charge < -0.3 is 10.2 Å². The van der Waals surface area contributed by atoms with Crippen LogP contribution in [0.5, 0.6) is 0 Å². The first-order valence-corrected chi connectivity index (χ1v) is 10.4. The maximum Gasteiger partial charge on any atom is 0.242 e. The normalized spacial score (nSPS) is 11.6. The fraction of sp³-hybridized carbons (Fsp3) is 0.364.